The molecule has 1 saturated heterocycles. The first-order valence-corrected chi connectivity index (χ1v) is 11.0. The monoisotopic (exact) mass is 363 g/mol. The van der Waals surface area contributed by atoms with E-state index in [0.717, 1.165) is 42.2 Å². The van der Waals surface area contributed by atoms with Crippen molar-refractivity contribution in [2.24, 2.45) is 0 Å². The topological polar surface area (TPSA) is 29.5 Å². The van der Waals surface area contributed by atoms with Crippen molar-refractivity contribution in [3.63, 3.8) is 0 Å². The number of para-hydroxylation sites is 1. The molecule has 130 valence electrons. The molecule has 0 spiro atoms. The zero-order valence-electron chi connectivity index (χ0n) is 14.1. The quantitative estimate of drug-likeness (QED) is 0.719. The Kier molecular flexibility index (Phi) is 5.64. The van der Waals surface area contributed by atoms with Crippen molar-refractivity contribution in [1.82, 2.24) is 4.31 Å². The van der Waals surface area contributed by atoms with Gasteiger partial charge in [-0.15, -0.1) is 11.3 Å². The van der Waals surface area contributed by atoms with E-state index in [0.29, 0.717) is 6.04 Å². The SMILES string of the molecule is C=S(=O)(c1cccs1)N1CCCCC1CCc1ccccc1OC. The predicted octanol–water partition coefficient (Wildman–Crippen LogP) is 4.23. The molecule has 1 aromatic heterocycles. The molecule has 2 unspecified atom stereocenters. The van der Waals surface area contributed by atoms with Gasteiger partial charge >= 0.3 is 0 Å². The zero-order valence-corrected chi connectivity index (χ0v) is 15.8. The highest BCUT2D eigenvalue weighted by molar-refractivity contribution is 7.99. The molecular formula is C19H25NO2S2. The lowest BCUT2D eigenvalue weighted by Crippen LogP contribution is -2.43. The number of aryl methyl sites for hydroxylation is 1. The summed E-state index contributed by atoms with van der Waals surface area (Å²) in [6, 6.07) is 12.4. The Bertz CT molecular complexity index is 753. The van der Waals surface area contributed by atoms with Crippen LogP contribution in [0.4, 0.5) is 0 Å². The first-order chi connectivity index (χ1) is 11.6. The van der Waals surface area contributed by atoms with Gasteiger partial charge in [-0.05, 0) is 54.6 Å². The number of thiophene rings is 1. The molecule has 2 aromatic rings. The van der Waals surface area contributed by atoms with Crippen LogP contribution in [-0.2, 0) is 16.1 Å². The Labute approximate surface area is 149 Å². The summed E-state index contributed by atoms with van der Waals surface area (Å²) in [5, 5.41) is 1.98. The van der Waals surface area contributed by atoms with Crippen LogP contribution in [0.25, 0.3) is 0 Å². The number of hydrogen-bond donors (Lipinski definition) is 0. The van der Waals surface area contributed by atoms with E-state index < -0.39 is 9.71 Å². The number of rotatable bonds is 6. The minimum atomic E-state index is -2.37. The molecule has 0 aliphatic carbocycles. The van der Waals surface area contributed by atoms with Crippen LogP contribution in [0.5, 0.6) is 5.75 Å². The third-order valence-electron chi connectivity index (χ3n) is 4.70. The molecule has 1 aromatic carbocycles. The van der Waals surface area contributed by atoms with Gasteiger partial charge in [-0.3, -0.25) is 0 Å². The highest BCUT2D eigenvalue weighted by atomic mass is 32.2. The van der Waals surface area contributed by atoms with E-state index in [-0.39, 0.29) is 0 Å². The molecule has 1 aliphatic heterocycles. The van der Waals surface area contributed by atoms with Gasteiger partial charge in [-0.25, -0.2) is 8.51 Å². The van der Waals surface area contributed by atoms with Gasteiger partial charge < -0.3 is 4.74 Å². The number of methoxy groups -OCH3 is 1. The molecular weight excluding hydrogens is 338 g/mol. The van der Waals surface area contributed by atoms with Gasteiger partial charge in [0.15, 0.2) is 0 Å². The van der Waals surface area contributed by atoms with Crippen LogP contribution in [0.3, 0.4) is 0 Å². The van der Waals surface area contributed by atoms with Crippen molar-refractivity contribution in [1.29, 1.82) is 0 Å². The number of piperidine rings is 1. The minimum Gasteiger partial charge on any atom is -0.496 e. The summed E-state index contributed by atoms with van der Waals surface area (Å²) < 4.78 is 21.9. The lowest BCUT2D eigenvalue weighted by atomic mass is 9.97. The molecule has 0 radical (unpaired) electrons. The van der Waals surface area contributed by atoms with Crippen molar-refractivity contribution in [2.45, 2.75) is 42.4 Å². The second-order valence-electron chi connectivity index (χ2n) is 6.21. The summed E-state index contributed by atoms with van der Waals surface area (Å²) in [5.74, 6) is 5.05. The largest absolute Gasteiger partial charge is 0.496 e. The van der Waals surface area contributed by atoms with Crippen LogP contribution in [0.15, 0.2) is 46.0 Å². The summed E-state index contributed by atoms with van der Waals surface area (Å²) >= 11 is 1.55. The Morgan fingerprint density at radius 1 is 1.29 bits per heavy atom. The molecule has 2 heterocycles. The molecule has 5 heteroatoms. The van der Waals surface area contributed by atoms with Gasteiger partial charge in [-0.1, -0.05) is 30.7 Å². The summed E-state index contributed by atoms with van der Waals surface area (Å²) in [4.78, 5) is 0. The molecule has 0 bridgehead atoms. The van der Waals surface area contributed by atoms with Crippen molar-refractivity contribution in [2.75, 3.05) is 13.7 Å². The van der Waals surface area contributed by atoms with Crippen LogP contribution in [0.1, 0.15) is 31.2 Å². The van der Waals surface area contributed by atoms with E-state index in [1.165, 1.54) is 12.0 Å². The maximum atomic E-state index is 13.3. The van der Waals surface area contributed by atoms with E-state index in [2.05, 4.69) is 16.2 Å². The van der Waals surface area contributed by atoms with Crippen LogP contribution in [0, 0.1) is 0 Å². The molecule has 1 aliphatic rings. The van der Waals surface area contributed by atoms with Crippen molar-refractivity contribution >= 4 is 26.9 Å². The number of nitrogens with zero attached hydrogens (tertiary/aromatic N) is 1. The molecule has 0 amide bonds. The van der Waals surface area contributed by atoms with Crippen LogP contribution >= 0.6 is 11.3 Å². The first-order valence-electron chi connectivity index (χ1n) is 8.42. The van der Waals surface area contributed by atoms with E-state index in [9.17, 15) is 4.21 Å². The molecule has 2 atom stereocenters. The fourth-order valence-corrected chi connectivity index (χ4v) is 6.59. The Morgan fingerprint density at radius 3 is 2.88 bits per heavy atom. The molecule has 3 rings (SSSR count). The zero-order chi connectivity index (χ0) is 17.0. The van der Waals surface area contributed by atoms with Gasteiger partial charge in [0.1, 0.15) is 5.75 Å². The van der Waals surface area contributed by atoms with Gasteiger partial charge in [0, 0.05) is 12.6 Å². The smallest absolute Gasteiger partial charge is 0.122 e. The standard InChI is InChI=1S/C19H25NO2S2/c1-22-18-10-4-3-8-16(18)12-13-17-9-5-6-14-20(17)24(2,21)19-11-7-15-23-19/h3-4,7-8,10-11,15,17H,2,5-6,9,12-14H2,1H3. The molecule has 3 nitrogen and oxygen atoms in total. The predicted molar refractivity (Wildman–Crippen MR) is 104 cm³/mol. The van der Waals surface area contributed by atoms with Crippen LogP contribution < -0.4 is 4.74 Å². The van der Waals surface area contributed by atoms with Gasteiger partial charge in [0.25, 0.3) is 0 Å². The second-order valence-corrected chi connectivity index (χ2v) is 9.61. The van der Waals surface area contributed by atoms with E-state index in [1.807, 2.05) is 35.7 Å². The van der Waals surface area contributed by atoms with E-state index in [1.54, 1.807) is 18.4 Å². The molecule has 0 saturated carbocycles. The second kappa shape index (κ2) is 7.72. The lowest BCUT2D eigenvalue weighted by molar-refractivity contribution is 0.250. The summed E-state index contributed by atoms with van der Waals surface area (Å²) in [6.07, 6.45) is 5.31. The van der Waals surface area contributed by atoms with Crippen LogP contribution in [-0.4, -0.2) is 34.1 Å². The van der Waals surface area contributed by atoms with Crippen LogP contribution in [0.2, 0.25) is 0 Å². The third kappa shape index (κ3) is 3.68. The summed E-state index contributed by atoms with van der Waals surface area (Å²) in [7, 11) is -0.654. The van der Waals surface area contributed by atoms with E-state index in [4.69, 9.17) is 4.74 Å². The van der Waals surface area contributed by atoms with Gasteiger partial charge in [0.2, 0.25) is 0 Å². The molecule has 0 N–H and O–H groups in total. The Balaban J connectivity index is 1.76. The van der Waals surface area contributed by atoms with Gasteiger partial charge in [-0.2, -0.15) is 0 Å². The average Bonchev–Trinajstić information content (AvgIpc) is 3.16. The summed E-state index contributed by atoms with van der Waals surface area (Å²) in [6.45, 7) is 0.872. The average molecular weight is 364 g/mol. The highest BCUT2D eigenvalue weighted by Crippen LogP contribution is 2.30. The minimum absolute atomic E-state index is 0.316. The Morgan fingerprint density at radius 2 is 2.12 bits per heavy atom. The van der Waals surface area contributed by atoms with Crippen molar-refractivity contribution in [3.8, 4) is 5.75 Å². The third-order valence-corrected chi connectivity index (χ3v) is 8.44. The normalized spacial score (nSPS) is 21.3. The highest BCUT2D eigenvalue weighted by Gasteiger charge is 2.29. The van der Waals surface area contributed by atoms with E-state index >= 15 is 0 Å². The number of ether oxygens (including phenoxy) is 1. The maximum absolute atomic E-state index is 13.3. The number of benzene rings is 1. The molecule has 24 heavy (non-hydrogen) atoms. The maximum Gasteiger partial charge on any atom is 0.122 e. The van der Waals surface area contributed by atoms with Crippen molar-refractivity contribution < 1.29 is 8.95 Å². The fourth-order valence-electron chi connectivity index (χ4n) is 3.44. The summed E-state index contributed by atoms with van der Waals surface area (Å²) in [5.41, 5.74) is 1.22. The first kappa shape index (κ1) is 17.5. The lowest BCUT2D eigenvalue weighted by Gasteiger charge is -2.37. The number of hydrogen-bond acceptors (Lipinski definition) is 3. The Hall–Kier alpha value is -1.30. The van der Waals surface area contributed by atoms with Crippen molar-refractivity contribution in [3.05, 3.63) is 47.3 Å². The van der Waals surface area contributed by atoms with Gasteiger partial charge in [0.05, 0.1) is 21.0 Å². The fraction of sp³-hybridized carbons (Fsp3) is 0.421. The molecule has 1 fully saturated rings.